The number of nitrogens with one attached hydrogen (secondary N) is 1. The second kappa shape index (κ2) is 5.45. The van der Waals surface area contributed by atoms with Gasteiger partial charge in [0.15, 0.2) is 0 Å². The smallest absolute Gasteiger partial charge is 0.250 e. The minimum absolute atomic E-state index is 0.208. The summed E-state index contributed by atoms with van der Waals surface area (Å²) in [6.07, 6.45) is 0. The molecule has 96 valence electrons. The molecule has 8 heteroatoms. The average Bonchev–Trinajstić information content (AvgIpc) is 2.98. The molecular weight excluding hydrogens is 308 g/mol. The van der Waals surface area contributed by atoms with E-state index in [0.717, 1.165) is 16.9 Å². The summed E-state index contributed by atoms with van der Waals surface area (Å²) in [6, 6.07) is 5.00. The average molecular weight is 318 g/mol. The van der Waals surface area contributed by atoms with Crippen molar-refractivity contribution >= 4 is 49.9 Å². The monoisotopic (exact) mass is 318 g/mol. The number of thiophene rings is 2. The second-order valence-corrected chi connectivity index (χ2v) is 7.74. The molecule has 0 bridgehead atoms. The van der Waals surface area contributed by atoms with E-state index < -0.39 is 10.0 Å². The molecule has 3 N–H and O–H groups in total. The van der Waals surface area contributed by atoms with E-state index >= 15 is 0 Å². The van der Waals surface area contributed by atoms with E-state index in [1.54, 1.807) is 6.07 Å². The Morgan fingerprint density at radius 2 is 2.17 bits per heavy atom. The lowest BCUT2D eigenvalue weighted by Crippen LogP contribution is -2.22. The third-order valence-corrected chi connectivity index (χ3v) is 6.23. The summed E-state index contributed by atoms with van der Waals surface area (Å²) in [6.45, 7) is 0.284. The predicted octanol–water partition coefficient (Wildman–Crippen LogP) is 1.92. The Labute approximate surface area is 119 Å². The molecule has 2 aromatic heterocycles. The van der Waals surface area contributed by atoms with Crippen LogP contribution in [-0.2, 0) is 16.6 Å². The molecule has 0 unspecified atom stereocenters. The van der Waals surface area contributed by atoms with Gasteiger partial charge in [0.2, 0.25) is 10.0 Å². The van der Waals surface area contributed by atoms with Gasteiger partial charge in [0, 0.05) is 6.54 Å². The van der Waals surface area contributed by atoms with Crippen LogP contribution in [0.15, 0.2) is 33.2 Å². The molecular formula is C10H10N2O2S4. The van der Waals surface area contributed by atoms with Gasteiger partial charge in [-0.2, -0.15) is 11.3 Å². The van der Waals surface area contributed by atoms with Crippen molar-refractivity contribution in [1.82, 2.24) is 4.72 Å². The Morgan fingerprint density at radius 1 is 1.39 bits per heavy atom. The Bertz CT molecular complexity index is 643. The zero-order chi connectivity index (χ0) is 13.2. The number of rotatable bonds is 5. The molecule has 0 spiro atoms. The van der Waals surface area contributed by atoms with E-state index in [1.165, 1.54) is 17.4 Å². The Hall–Kier alpha value is -0.800. The van der Waals surface area contributed by atoms with E-state index in [4.69, 9.17) is 18.0 Å². The van der Waals surface area contributed by atoms with Crippen molar-refractivity contribution in [2.24, 2.45) is 5.73 Å². The fraction of sp³-hybridized carbons (Fsp3) is 0.100. The maximum Gasteiger partial charge on any atom is 0.250 e. The lowest BCUT2D eigenvalue weighted by molar-refractivity contribution is 0.583. The SMILES string of the molecule is NC(=S)c1ccc(S(=O)(=O)NCc2ccsc2)s1. The van der Waals surface area contributed by atoms with Gasteiger partial charge < -0.3 is 5.73 Å². The first-order chi connectivity index (χ1) is 8.49. The molecule has 0 fully saturated rings. The number of sulfonamides is 1. The largest absolute Gasteiger partial charge is 0.389 e. The molecule has 0 saturated heterocycles. The molecule has 0 aliphatic rings. The molecule has 0 aliphatic carbocycles. The molecule has 4 nitrogen and oxygen atoms in total. The fourth-order valence-electron chi connectivity index (χ4n) is 1.24. The van der Waals surface area contributed by atoms with Crippen molar-refractivity contribution in [1.29, 1.82) is 0 Å². The second-order valence-electron chi connectivity index (χ2n) is 3.44. The summed E-state index contributed by atoms with van der Waals surface area (Å²) in [7, 11) is -3.49. The van der Waals surface area contributed by atoms with Gasteiger partial charge in [-0.15, -0.1) is 11.3 Å². The third kappa shape index (κ3) is 3.15. The summed E-state index contributed by atoms with van der Waals surface area (Å²) < 4.78 is 26.7. The van der Waals surface area contributed by atoms with Crippen molar-refractivity contribution in [2.45, 2.75) is 10.8 Å². The summed E-state index contributed by atoms with van der Waals surface area (Å²) in [5.41, 5.74) is 6.39. The van der Waals surface area contributed by atoms with Crippen LogP contribution in [0.25, 0.3) is 0 Å². The number of nitrogens with two attached hydrogens (primary N) is 1. The summed E-state index contributed by atoms with van der Waals surface area (Å²) in [5.74, 6) is 0. The van der Waals surface area contributed by atoms with Crippen LogP contribution in [0.2, 0.25) is 0 Å². The Balaban J connectivity index is 2.12. The first kappa shape index (κ1) is 13.6. The minimum atomic E-state index is -3.49. The van der Waals surface area contributed by atoms with Crippen LogP contribution in [-0.4, -0.2) is 13.4 Å². The molecule has 0 radical (unpaired) electrons. The van der Waals surface area contributed by atoms with Crippen LogP contribution in [0.3, 0.4) is 0 Å². The zero-order valence-corrected chi connectivity index (χ0v) is 12.4. The quantitative estimate of drug-likeness (QED) is 0.826. The number of thiocarbonyl (C=S) groups is 1. The zero-order valence-electron chi connectivity index (χ0n) is 9.12. The fourth-order valence-corrected chi connectivity index (χ4v) is 4.32. The molecule has 0 saturated carbocycles. The van der Waals surface area contributed by atoms with E-state index in [2.05, 4.69) is 4.72 Å². The van der Waals surface area contributed by atoms with E-state index in [1.807, 2.05) is 16.8 Å². The molecule has 18 heavy (non-hydrogen) atoms. The molecule has 2 rings (SSSR count). The summed E-state index contributed by atoms with van der Waals surface area (Å²) in [5, 5.41) is 3.80. The van der Waals surface area contributed by atoms with Gasteiger partial charge in [-0.3, -0.25) is 0 Å². The van der Waals surface area contributed by atoms with Crippen LogP contribution in [0.1, 0.15) is 10.4 Å². The van der Waals surface area contributed by atoms with E-state index in [9.17, 15) is 8.42 Å². The lowest BCUT2D eigenvalue weighted by atomic mass is 10.4. The first-order valence-electron chi connectivity index (χ1n) is 4.89. The van der Waals surface area contributed by atoms with Crippen molar-refractivity contribution < 1.29 is 8.42 Å². The highest BCUT2D eigenvalue weighted by molar-refractivity contribution is 7.91. The number of hydrogen-bond acceptors (Lipinski definition) is 5. The van der Waals surface area contributed by atoms with Crippen molar-refractivity contribution in [2.75, 3.05) is 0 Å². The van der Waals surface area contributed by atoms with Crippen LogP contribution in [0.4, 0.5) is 0 Å². The minimum Gasteiger partial charge on any atom is -0.389 e. The molecule has 0 atom stereocenters. The van der Waals surface area contributed by atoms with Crippen LogP contribution >= 0.6 is 34.9 Å². The molecule has 0 amide bonds. The highest BCUT2D eigenvalue weighted by Crippen LogP contribution is 2.21. The normalized spacial score (nSPS) is 11.6. The van der Waals surface area contributed by atoms with Gasteiger partial charge in [0.1, 0.15) is 9.20 Å². The molecule has 2 heterocycles. The van der Waals surface area contributed by atoms with Crippen molar-refractivity contribution in [3.63, 3.8) is 0 Å². The van der Waals surface area contributed by atoms with Gasteiger partial charge in [-0.25, -0.2) is 13.1 Å². The van der Waals surface area contributed by atoms with Crippen LogP contribution in [0, 0.1) is 0 Å². The van der Waals surface area contributed by atoms with Gasteiger partial charge in [0.25, 0.3) is 0 Å². The number of hydrogen-bond donors (Lipinski definition) is 2. The summed E-state index contributed by atoms with van der Waals surface area (Å²) in [4.78, 5) is 0.806. The van der Waals surface area contributed by atoms with E-state index in [-0.39, 0.29) is 15.7 Å². The maximum atomic E-state index is 12.0. The van der Waals surface area contributed by atoms with Crippen LogP contribution in [0.5, 0.6) is 0 Å². The molecule has 0 aromatic carbocycles. The van der Waals surface area contributed by atoms with Gasteiger partial charge in [-0.05, 0) is 34.5 Å². The van der Waals surface area contributed by atoms with Crippen molar-refractivity contribution in [3.05, 3.63) is 39.4 Å². The van der Waals surface area contributed by atoms with Gasteiger partial charge in [0.05, 0.1) is 4.88 Å². The first-order valence-corrected chi connectivity index (χ1v) is 8.54. The van der Waals surface area contributed by atoms with E-state index in [0.29, 0.717) is 4.88 Å². The highest BCUT2D eigenvalue weighted by atomic mass is 32.2. The predicted molar refractivity (Wildman–Crippen MR) is 78.6 cm³/mol. The standard InChI is InChI=1S/C10H10N2O2S4/c11-10(15)8-1-2-9(17-8)18(13,14)12-5-7-3-4-16-6-7/h1-4,6,12H,5H2,(H2,11,15). The Morgan fingerprint density at radius 3 is 2.72 bits per heavy atom. The Kier molecular flexibility index (Phi) is 4.13. The molecule has 0 aliphatic heterocycles. The van der Waals surface area contributed by atoms with Gasteiger partial charge >= 0.3 is 0 Å². The highest BCUT2D eigenvalue weighted by Gasteiger charge is 2.17. The lowest BCUT2D eigenvalue weighted by Gasteiger charge is -2.02. The van der Waals surface area contributed by atoms with Gasteiger partial charge in [-0.1, -0.05) is 12.2 Å². The molecule has 2 aromatic rings. The summed E-state index contributed by atoms with van der Waals surface area (Å²) >= 11 is 7.40. The topological polar surface area (TPSA) is 72.2 Å². The maximum absolute atomic E-state index is 12.0. The van der Waals surface area contributed by atoms with Crippen molar-refractivity contribution in [3.8, 4) is 0 Å². The van der Waals surface area contributed by atoms with Crippen LogP contribution < -0.4 is 10.5 Å². The third-order valence-electron chi connectivity index (χ3n) is 2.14.